The highest BCUT2D eigenvalue weighted by molar-refractivity contribution is 5.92. The van der Waals surface area contributed by atoms with Crippen molar-refractivity contribution in [1.29, 1.82) is 0 Å². The molecule has 116 valence electrons. The van der Waals surface area contributed by atoms with Gasteiger partial charge in [-0.05, 0) is 57.1 Å². The predicted octanol–water partition coefficient (Wildman–Crippen LogP) is 2.13. The van der Waals surface area contributed by atoms with E-state index in [0.29, 0.717) is 25.9 Å². The van der Waals surface area contributed by atoms with Crippen molar-refractivity contribution in [3.8, 4) is 0 Å². The summed E-state index contributed by atoms with van der Waals surface area (Å²) in [5, 5.41) is 2.88. The molecule has 5 nitrogen and oxygen atoms in total. The van der Waals surface area contributed by atoms with E-state index >= 15 is 0 Å². The number of benzene rings is 1. The normalized spacial score (nSPS) is 10.5. The van der Waals surface area contributed by atoms with Crippen LogP contribution in [0.2, 0.25) is 0 Å². The zero-order chi connectivity index (χ0) is 15.8. The van der Waals surface area contributed by atoms with E-state index in [0.717, 1.165) is 11.3 Å². The van der Waals surface area contributed by atoms with Crippen LogP contribution in [0.15, 0.2) is 18.2 Å². The van der Waals surface area contributed by atoms with Gasteiger partial charge in [0.15, 0.2) is 0 Å². The maximum atomic E-state index is 11.9. The predicted molar refractivity (Wildman–Crippen MR) is 83.3 cm³/mol. The van der Waals surface area contributed by atoms with Crippen LogP contribution in [0.25, 0.3) is 0 Å². The molecule has 0 spiro atoms. The molecule has 0 radical (unpaired) electrons. The van der Waals surface area contributed by atoms with Crippen LogP contribution in [0.1, 0.15) is 24.0 Å². The Kier molecular flexibility index (Phi) is 6.88. The summed E-state index contributed by atoms with van der Waals surface area (Å²) in [6.07, 6.45) is 1.06. The van der Waals surface area contributed by atoms with Gasteiger partial charge < -0.3 is 10.1 Å². The summed E-state index contributed by atoms with van der Waals surface area (Å²) in [6.45, 7) is 5.03. The van der Waals surface area contributed by atoms with Gasteiger partial charge in [0.1, 0.15) is 0 Å². The summed E-state index contributed by atoms with van der Waals surface area (Å²) >= 11 is 0. The van der Waals surface area contributed by atoms with Crippen LogP contribution in [0.5, 0.6) is 0 Å². The lowest BCUT2D eigenvalue weighted by Crippen LogP contribution is -2.31. The molecule has 1 aromatic carbocycles. The number of hydrogen-bond acceptors (Lipinski definition) is 4. The number of nitrogens with one attached hydrogen (secondary N) is 1. The van der Waals surface area contributed by atoms with Gasteiger partial charge in [-0.15, -0.1) is 0 Å². The van der Waals surface area contributed by atoms with Crippen LogP contribution in [0, 0.1) is 13.8 Å². The first-order chi connectivity index (χ1) is 9.92. The number of hydrogen-bond donors (Lipinski definition) is 1. The van der Waals surface area contributed by atoms with Gasteiger partial charge in [-0.1, -0.05) is 6.07 Å². The number of rotatable bonds is 7. The number of carbonyl (C=O) groups excluding carboxylic acids is 2. The molecule has 0 aliphatic carbocycles. The Morgan fingerprint density at radius 1 is 1.24 bits per heavy atom. The molecular formula is C16H24N2O3. The molecule has 0 aromatic heterocycles. The lowest BCUT2D eigenvalue weighted by Gasteiger charge is -2.16. The molecule has 0 fully saturated rings. The number of likely N-dealkylation sites (N-methyl/N-ethyl adjacent to an activating group) is 1. The summed E-state index contributed by atoms with van der Waals surface area (Å²) in [5.74, 6) is -0.276. The van der Waals surface area contributed by atoms with E-state index in [4.69, 9.17) is 0 Å². The fourth-order valence-electron chi connectivity index (χ4n) is 1.94. The van der Waals surface area contributed by atoms with Crippen LogP contribution in [-0.4, -0.2) is 44.0 Å². The lowest BCUT2D eigenvalue weighted by atomic mass is 10.1. The van der Waals surface area contributed by atoms with Gasteiger partial charge >= 0.3 is 5.97 Å². The van der Waals surface area contributed by atoms with E-state index in [1.807, 2.05) is 44.0 Å². The van der Waals surface area contributed by atoms with Crippen molar-refractivity contribution in [2.24, 2.45) is 0 Å². The van der Waals surface area contributed by atoms with Gasteiger partial charge in [0, 0.05) is 12.1 Å². The number of esters is 1. The lowest BCUT2D eigenvalue weighted by molar-refractivity contribution is -0.140. The Hall–Kier alpha value is -1.88. The van der Waals surface area contributed by atoms with E-state index in [1.165, 1.54) is 12.7 Å². The Bertz CT molecular complexity index is 500. The van der Waals surface area contributed by atoms with Crippen molar-refractivity contribution in [2.75, 3.05) is 32.6 Å². The van der Waals surface area contributed by atoms with E-state index in [-0.39, 0.29) is 11.9 Å². The first-order valence-electron chi connectivity index (χ1n) is 7.05. The molecule has 0 saturated heterocycles. The van der Waals surface area contributed by atoms with E-state index < -0.39 is 0 Å². The second kappa shape index (κ2) is 8.42. The Morgan fingerprint density at radius 3 is 2.57 bits per heavy atom. The molecule has 0 bridgehead atoms. The molecule has 1 aromatic rings. The quantitative estimate of drug-likeness (QED) is 0.782. The van der Waals surface area contributed by atoms with Crippen molar-refractivity contribution in [2.45, 2.75) is 26.7 Å². The first-order valence-corrected chi connectivity index (χ1v) is 7.05. The molecule has 1 rings (SSSR count). The second-order valence-electron chi connectivity index (χ2n) is 5.26. The molecule has 0 saturated carbocycles. The minimum absolute atomic E-state index is 0.0566. The number of methoxy groups -OCH3 is 1. The van der Waals surface area contributed by atoms with E-state index in [2.05, 4.69) is 10.1 Å². The van der Waals surface area contributed by atoms with Crippen LogP contribution >= 0.6 is 0 Å². The number of carbonyl (C=O) groups is 2. The van der Waals surface area contributed by atoms with Gasteiger partial charge in [-0.3, -0.25) is 14.5 Å². The van der Waals surface area contributed by atoms with Crippen molar-refractivity contribution in [3.05, 3.63) is 29.3 Å². The largest absolute Gasteiger partial charge is 0.469 e. The average molecular weight is 292 g/mol. The van der Waals surface area contributed by atoms with Crippen LogP contribution < -0.4 is 5.32 Å². The number of anilines is 1. The Morgan fingerprint density at radius 2 is 1.95 bits per heavy atom. The molecule has 0 aliphatic rings. The minimum atomic E-state index is -0.219. The molecule has 1 amide bonds. The van der Waals surface area contributed by atoms with E-state index in [1.54, 1.807) is 0 Å². The highest BCUT2D eigenvalue weighted by Crippen LogP contribution is 2.14. The zero-order valence-corrected chi connectivity index (χ0v) is 13.2. The summed E-state index contributed by atoms with van der Waals surface area (Å²) in [4.78, 5) is 24.8. The monoisotopic (exact) mass is 292 g/mol. The maximum absolute atomic E-state index is 11.9. The smallest absolute Gasteiger partial charge is 0.305 e. The SMILES string of the molecule is COC(=O)CCCN(C)CC(=O)Nc1ccc(C)c(C)c1. The Balaban J connectivity index is 2.35. The standard InChI is InChI=1S/C16H24N2O3/c1-12-7-8-14(10-13(12)2)17-15(19)11-18(3)9-5-6-16(20)21-4/h7-8,10H,5-6,9,11H2,1-4H3,(H,17,19). The van der Waals surface area contributed by atoms with Crippen molar-refractivity contribution >= 4 is 17.6 Å². The molecule has 0 heterocycles. The molecule has 1 N–H and O–H groups in total. The molecule has 0 aliphatic heterocycles. The number of aryl methyl sites for hydroxylation is 2. The summed E-state index contributed by atoms with van der Waals surface area (Å²) in [5.41, 5.74) is 3.17. The third kappa shape index (κ3) is 6.40. The number of amides is 1. The summed E-state index contributed by atoms with van der Waals surface area (Å²) in [7, 11) is 3.24. The Labute approximate surface area is 126 Å². The second-order valence-corrected chi connectivity index (χ2v) is 5.26. The van der Waals surface area contributed by atoms with Crippen molar-refractivity contribution in [3.63, 3.8) is 0 Å². The van der Waals surface area contributed by atoms with Crippen LogP contribution in [-0.2, 0) is 14.3 Å². The molecule has 21 heavy (non-hydrogen) atoms. The fourth-order valence-corrected chi connectivity index (χ4v) is 1.94. The van der Waals surface area contributed by atoms with Gasteiger partial charge in [-0.2, -0.15) is 0 Å². The molecular weight excluding hydrogens is 268 g/mol. The minimum Gasteiger partial charge on any atom is -0.469 e. The third-order valence-corrected chi connectivity index (χ3v) is 3.35. The maximum Gasteiger partial charge on any atom is 0.305 e. The van der Waals surface area contributed by atoms with Gasteiger partial charge in [0.25, 0.3) is 0 Å². The fraction of sp³-hybridized carbons (Fsp3) is 0.500. The third-order valence-electron chi connectivity index (χ3n) is 3.35. The first kappa shape index (κ1) is 17.2. The van der Waals surface area contributed by atoms with Crippen molar-refractivity contribution < 1.29 is 14.3 Å². The summed E-state index contributed by atoms with van der Waals surface area (Å²) < 4.78 is 4.58. The van der Waals surface area contributed by atoms with E-state index in [9.17, 15) is 9.59 Å². The zero-order valence-electron chi connectivity index (χ0n) is 13.2. The molecule has 0 atom stereocenters. The number of ether oxygens (including phenoxy) is 1. The van der Waals surface area contributed by atoms with Crippen LogP contribution in [0.3, 0.4) is 0 Å². The van der Waals surface area contributed by atoms with Gasteiger partial charge in [-0.25, -0.2) is 0 Å². The number of nitrogens with zero attached hydrogens (tertiary/aromatic N) is 1. The molecule has 0 unspecified atom stereocenters. The molecule has 5 heteroatoms. The highest BCUT2D eigenvalue weighted by atomic mass is 16.5. The average Bonchev–Trinajstić information content (AvgIpc) is 2.42. The van der Waals surface area contributed by atoms with Gasteiger partial charge in [0.2, 0.25) is 5.91 Å². The topological polar surface area (TPSA) is 58.6 Å². The van der Waals surface area contributed by atoms with Crippen LogP contribution in [0.4, 0.5) is 5.69 Å². The summed E-state index contributed by atoms with van der Waals surface area (Å²) in [6, 6.07) is 5.85. The van der Waals surface area contributed by atoms with Gasteiger partial charge in [0.05, 0.1) is 13.7 Å². The van der Waals surface area contributed by atoms with Crippen molar-refractivity contribution in [1.82, 2.24) is 4.90 Å². The highest BCUT2D eigenvalue weighted by Gasteiger charge is 2.08.